The van der Waals surface area contributed by atoms with Crippen molar-refractivity contribution in [2.45, 2.75) is 107 Å². The van der Waals surface area contributed by atoms with E-state index in [1.165, 1.54) is 107 Å². The lowest BCUT2D eigenvalue weighted by Crippen LogP contribution is -2.34. The second-order valence-electron chi connectivity index (χ2n) is 30.9. The van der Waals surface area contributed by atoms with Crippen LogP contribution in [0.4, 0.5) is 37.7 Å². The molecule has 1 aliphatic carbocycles. The largest absolute Gasteiger partial charge is 0.543 e. The molecule has 7 heterocycles. The summed E-state index contributed by atoms with van der Waals surface area (Å²) in [5.74, 6) is -13.7. The van der Waals surface area contributed by atoms with Crippen molar-refractivity contribution in [3.63, 3.8) is 0 Å². The van der Waals surface area contributed by atoms with E-state index in [9.17, 15) is 114 Å². The molecule has 0 unspecified atom stereocenters. The van der Waals surface area contributed by atoms with Gasteiger partial charge in [0.05, 0.1) is 64.2 Å². The molecule has 8 aromatic carbocycles. The normalized spacial score (nSPS) is 11.3. The number of rotatable bonds is 26. The number of carboxylic acid groups (broad SMARTS) is 5. The lowest BCUT2D eigenvalue weighted by Gasteiger charge is -2.12. The maximum Gasteiger partial charge on any atom is 0.357 e. The number of furan rings is 1. The van der Waals surface area contributed by atoms with Crippen molar-refractivity contribution in [1.82, 2.24) is 59.4 Å². The molecule has 7 N–H and O–H groups in total. The molecule has 0 saturated carbocycles. The van der Waals surface area contributed by atoms with Crippen molar-refractivity contribution in [3.8, 4) is 5.75 Å². The van der Waals surface area contributed by atoms with Crippen LogP contribution in [0.1, 0.15) is 148 Å². The standard InChI is InChI=1S/C18H12F2N2O4.C18H16N2O4.C18H25NO.2C17H11F2N3O4.C11H9N3O4/c19-11-6-5-10(15(20)8-11)7-12(23)9-22-17(24)14-4-2-1-3-13(14)16(21-22)18(25)26;1-12-6-8-13(9-7-12)24-11-10-20-17(21)15-5-3-2-4-14(15)16(19-20)18(22)23;1-7-16-11(3)10(2)8-15(16)9-17-12(4)18(14(6)20)13(5)19-17;2*18-9-5-6-13(12(19)7-9)20-14(23)8-22-16(24)11-4-2-1-3-10(11)15(21-22)17(25)26;15-10(14-6-7-2-1-5-18-7)8-9(11(16)17)13-4-3-12-8/h1-6,8H,7,9H2,(H,25,26);2-9H,10-11H2,1H3,(H,22,23);19H,7-9H2,1-6H3;2*1-7H,8H2,(H,20,23)(H,25,26);1-5H,6H2,(H,14,15)(H,16,17)/p-2. The SMILES string of the molecule is CCC1=C(Cc2[nH]c(C)c(C(C)=O)c2C)CC(C)=C1C.Cc1ccc(OCCn2nc(C(=O)O)c3ccccc3c2=O)cc1.O=C(Cc1ccc(F)cc1F)Cn1nc(C(=O)O)c2ccccc2c1=O.O=C(Cn1nc(C(=O)[O-])c2ccccc2c1=O)Nc1ccc(F)cc1F.O=C(Cn1nc(C(=O)[O-])c2ccccc2c1=O)Nc1ccc(F)cc1F.O=C(O)c1nccnc1C(=O)NCc1ccco1. The Morgan fingerprint density at radius 2 is 0.914 bits per heavy atom. The highest BCUT2D eigenvalue weighted by Crippen LogP contribution is 2.37. The molecule has 41 heteroatoms. The van der Waals surface area contributed by atoms with Gasteiger partial charge in [-0.25, -0.2) is 69.4 Å². The lowest BCUT2D eigenvalue weighted by molar-refractivity contribution is -0.256. The number of ketones is 2. The highest BCUT2D eigenvalue weighted by Gasteiger charge is 2.26. The number of aromatic carboxylic acids is 5. The first-order valence-corrected chi connectivity index (χ1v) is 42.2. The first-order chi connectivity index (χ1) is 66.7. The number of carbonyl (C=O) groups is 10. The number of aryl methyl sites for hydroxylation is 2. The van der Waals surface area contributed by atoms with E-state index in [0.717, 1.165) is 87.4 Å². The zero-order valence-corrected chi connectivity index (χ0v) is 75.1. The van der Waals surface area contributed by atoms with E-state index in [-0.39, 0.29) is 109 Å². The van der Waals surface area contributed by atoms with E-state index in [1.807, 2.05) is 38.1 Å². The second kappa shape index (κ2) is 46.2. The summed E-state index contributed by atoms with van der Waals surface area (Å²) >= 11 is 0. The smallest absolute Gasteiger partial charge is 0.357 e. The third kappa shape index (κ3) is 25.5. The summed E-state index contributed by atoms with van der Waals surface area (Å²) in [6, 6.07) is 43.1. The fourth-order valence-corrected chi connectivity index (χ4v) is 14.7. The summed E-state index contributed by atoms with van der Waals surface area (Å²) in [5, 5.41) is 73.0. The minimum Gasteiger partial charge on any atom is -0.543 e. The highest BCUT2D eigenvalue weighted by atomic mass is 19.2. The Kier molecular flexibility index (Phi) is 33.8. The van der Waals surface area contributed by atoms with Crippen LogP contribution in [-0.4, -0.2) is 135 Å². The summed E-state index contributed by atoms with van der Waals surface area (Å²) in [6.07, 6.45) is 6.69. The molecule has 0 fully saturated rings. The van der Waals surface area contributed by atoms with E-state index in [1.54, 1.807) is 55.5 Å². The zero-order chi connectivity index (χ0) is 102. The van der Waals surface area contributed by atoms with Gasteiger partial charge < -0.3 is 65.2 Å². The first kappa shape index (κ1) is 102. The number of hydrogen-bond acceptors (Lipinski definition) is 24. The molecule has 0 aliphatic heterocycles. The second-order valence-corrected chi connectivity index (χ2v) is 30.9. The fraction of sp³-hybridized carbons (Fsp3) is 0.172. The molecule has 1 aliphatic rings. The summed E-state index contributed by atoms with van der Waals surface area (Å²) in [5.41, 5.74) is 6.27. The summed E-state index contributed by atoms with van der Waals surface area (Å²) < 4.78 is 93.3. The fourth-order valence-electron chi connectivity index (χ4n) is 14.7. The number of hydrogen-bond donors (Lipinski definition) is 7. The monoisotopic (exact) mass is 1920 g/mol. The number of halogens is 6. The van der Waals surface area contributed by atoms with Gasteiger partial charge in [0.1, 0.15) is 84.0 Å². The van der Waals surface area contributed by atoms with Crippen molar-refractivity contribution in [2.24, 2.45) is 0 Å². The van der Waals surface area contributed by atoms with Gasteiger partial charge in [0.2, 0.25) is 11.8 Å². The van der Waals surface area contributed by atoms with Gasteiger partial charge in [-0.3, -0.25) is 43.2 Å². The van der Waals surface area contributed by atoms with Gasteiger partial charge in [-0.1, -0.05) is 115 Å². The van der Waals surface area contributed by atoms with Crippen molar-refractivity contribution in [3.05, 3.63) is 379 Å². The molecule has 16 rings (SSSR count). The van der Waals surface area contributed by atoms with Crippen LogP contribution in [0.25, 0.3) is 43.1 Å². The molecule has 7 aromatic heterocycles. The Labute approximate surface area is 787 Å². The van der Waals surface area contributed by atoms with Crippen LogP contribution in [0.2, 0.25) is 0 Å². The lowest BCUT2D eigenvalue weighted by atomic mass is 9.98. The number of ether oxygens (including phenoxy) is 1. The molecule has 35 nitrogen and oxygen atoms in total. The summed E-state index contributed by atoms with van der Waals surface area (Å²) in [7, 11) is 0. The first-order valence-electron chi connectivity index (χ1n) is 42.2. The average Bonchev–Trinajstić information content (AvgIpc) is 1.08. The van der Waals surface area contributed by atoms with Crippen LogP contribution in [-0.2, 0) is 59.9 Å². The molecule has 0 atom stereocenters. The van der Waals surface area contributed by atoms with Gasteiger partial charge in [0, 0.05) is 81.9 Å². The van der Waals surface area contributed by atoms with Crippen molar-refractivity contribution in [2.75, 3.05) is 17.2 Å². The number of Topliss-reactive ketones (excluding diaryl/α,β-unsaturated/α-hetero) is 2. The Balaban J connectivity index is 0.000000161. The minimum absolute atomic E-state index is 0.0244. The van der Waals surface area contributed by atoms with Crippen molar-refractivity contribution < 1.29 is 109 Å². The van der Waals surface area contributed by atoms with Crippen LogP contribution in [0, 0.1) is 55.7 Å². The van der Waals surface area contributed by atoms with Crippen LogP contribution in [0.5, 0.6) is 5.75 Å². The Hall–Kier alpha value is -18.1. The van der Waals surface area contributed by atoms with Gasteiger partial charge in [-0.2, -0.15) is 20.4 Å². The number of anilines is 2. The number of H-pyrrole nitrogens is 1. The van der Waals surface area contributed by atoms with Gasteiger partial charge in [0.25, 0.3) is 28.1 Å². The number of amides is 3. The Morgan fingerprint density at radius 3 is 1.34 bits per heavy atom. The van der Waals surface area contributed by atoms with Gasteiger partial charge >= 0.3 is 17.9 Å². The van der Waals surface area contributed by atoms with E-state index in [4.69, 9.17) is 14.3 Å². The molecule has 0 saturated heterocycles. The van der Waals surface area contributed by atoms with E-state index in [2.05, 4.69) is 79.0 Å². The average molecular weight is 1920 g/mol. The number of benzene rings is 8. The topological polar surface area (TPSA) is 517 Å². The number of aromatic nitrogens is 11. The van der Waals surface area contributed by atoms with E-state index in [0.29, 0.717) is 49.8 Å². The number of aromatic amines is 1. The third-order valence-corrected chi connectivity index (χ3v) is 21.3. The minimum atomic E-state index is -1.61. The number of fused-ring (bicyclic) bond motifs is 4. The molecule has 0 radical (unpaired) electrons. The molecule has 15 aromatic rings. The predicted molar refractivity (Wildman–Crippen MR) is 491 cm³/mol. The van der Waals surface area contributed by atoms with E-state index >= 15 is 0 Å². The number of nitrogens with one attached hydrogen (secondary N) is 4. The maximum absolute atomic E-state index is 13.7. The number of nitrogens with zero attached hydrogens (tertiary/aromatic N) is 10. The summed E-state index contributed by atoms with van der Waals surface area (Å²) in [4.78, 5) is 176. The van der Waals surface area contributed by atoms with Gasteiger partial charge in [0.15, 0.2) is 34.3 Å². The molecule has 718 valence electrons. The van der Waals surface area contributed by atoms with E-state index < -0.39 is 136 Å². The van der Waals surface area contributed by atoms with Crippen molar-refractivity contribution in [1.29, 1.82) is 0 Å². The van der Waals surface area contributed by atoms with Gasteiger partial charge in [-0.05, 0) is 156 Å². The number of carboxylic acids is 5. The predicted octanol–water partition coefficient (Wildman–Crippen LogP) is 11.5. The highest BCUT2D eigenvalue weighted by molar-refractivity contribution is 6.05. The van der Waals surface area contributed by atoms with Crippen LogP contribution in [0.3, 0.4) is 0 Å². The molecular formula is C99H82F6N14O21-2. The number of carbonyl (C=O) groups excluding carboxylic acids is 7. The Morgan fingerprint density at radius 1 is 0.493 bits per heavy atom. The molecular weight excluding hydrogens is 1840 g/mol. The van der Waals surface area contributed by atoms with Crippen LogP contribution >= 0.6 is 0 Å². The zero-order valence-electron chi connectivity index (χ0n) is 75.1. The molecule has 3 amide bonds. The molecule has 140 heavy (non-hydrogen) atoms. The van der Waals surface area contributed by atoms with Crippen molar-refractivity contribution >= 4 is 114 Å². The molecule has 0 bridgehead atoms. The third-order valence-electron chi connectivity index (χ3n) is 21.3. The van der Waals surface area contributed by atoms with Crippen LogP contribution in [0.15, 0.2) is 253 Å². The van der Waals surface area contributed by atoms with Gasteiger partial charge in [-0.15, -0.1) is 0 Å². The number of allylic oxidation sites excluding steroid dienone is 4. The quantitative estimate of drug-likeness (QED) is 0.0195. The maximum atomic E-state index is 13.7. The van der Waals surface area contributed by atoms with Crippen LogP contribution < -0.4 is 53.1 Å². The summed E-state index contributed by atoms with van der Waals surface area (Å²) in [6.45, 7) is 13.0. The molecule has 0 spiro atoms. The Bertz CT molecular complexity index is 7310.